The summed E-state index contributed by atoms with van der Waals surface area (Å²) in [4.78, 5) is 4.80. The summed E-state index contributed by atoms with van der Waals surface area (Å²) in [5.74, 6) is 0. The van der Waals surface area contributed by atoms with Gasteiger partial charge in [0.2, 0.25) is 0 Å². The third-order valence-corrected chi connectivity index (χ3v) is 3.82. The molecule has 1 aliphatic rings. The highest BCUT2D eigenvalue weighted by Crippen LogP contribution is 2.40. The Morgan fingerprint density at radius 2 is 1.61 bits per heavy atom. The molecule has 2 aromatic carbocycles. The Labute approximate surface area is 106 Å². The predicted octanol–water partition coefficient (Wildman–Crippen LogP) is 4.11. The van der Waals surface area contributed by atoms with Crippen LogP contribution >= 0.6 is 0 Å². The van der Waals surface area contributed by atoms with Crippen molar-refractivity contribution in [2.45, 2.75) is 13.3 Å². The molecule has 1 heteroatoms. The minimum Gasteiger partial charge on any atom is -0.257 e. The summed E-state index contributed by atoms with van der Waals surface area (Å²) in [6.45, 7) is 2.10. The molecule has 1 nitrogen and oxygen atoms in total. The van der Waals surface area contributed by atoms with Crippen LogP contribution in [0.25, 0.3) is 21.9 Å². The van der Waals surface area contributed by atoms with Crippen molar-refractivity contribution in [2.75, 3.05) is 0 Å². The van der Waals surface area contributed by atoms with E-state index in [0.29, 0.717) is 0 Å². The van der Waals surface area contributed by atoms with Gasteiger partial charge in [-0.3, -0.25) is 4.98 Å². The molecule has 0 bridgehead atoms. The van der Waals surface area contributed by atoms with Gasteiger partial charge < -0.3 is 0 Å². The van der Waals surface area contributed by atoms with Gasteiger partial charge in [-0.1, -0.05) is 48.5 Å². The largest absolute Gasteiger partial charge is 0.257 e. The highest BCUT2D eigenvalue weighted by molar-refractivity contribution is 6.01. The van der Waals surface area contributed by atoms with E-state index in [2.05, 4.69) is 55.5 Å². The molecule has 86 valence electrons. The van der Waals surface area contributed by atoms with Crippen molar-refractivity contribution in [1.29, 1.82) is 0 Å². The summed E-state index contributed by atoms with van der Waals surface area (Å²) in [6.07, 6.45) is 0.969. The maximum atomic E-state index is 4.80. The van der Waals surface area contributed by atoms with E-state index in [1.165, 1.54) is 33.2 Å². The lowest BCUT2D eigenvalue weighted by atomic mass is 10.00. The molecular formula is C17H13N. The van der Waals surface area contributed by atoms with Crippen molar-refractivity contribution < 1.29 is 0 Å². The Morgan fingerprint density at radius 3 is 2.50 bits per heavy atom. The molecule has 0 amide bonds. The first-order chi connectivity index (χ1) is 8.84. The van der Waals surface area contributed by atoms with Crippen LogP contribution in [0.15, 0.2) is 48.5 Å². The van der Waals surface area contributed by atoms with Gasteiger partial charge in [-0.2, -0.15) is 0 Å². The lowest BCUT2D eigenvalue weighted by Gasteiger charge is -2.08. The van der Waals surface area contributed by atoms with E-state index in [4.69, 9.17) is 4.98 Å². The Morgan fingerprint density at radius 1 is 0.889 bits per heavy atom. The molecule has 1 heterocycles. The molecule has 0 saturated heterocycles. The van der Waals surface area contributed by atoms with E-state index in [9.17, 15) is 0 Å². The second-order valence-corrected chi connectivity index (χ2v) is 4.90. The number of hydrogen-bond donors (Lipinski definition) is 0. The zero-order chi connectivity index (χ0) is 12.1. The Kier molecular flexibility index (Phi) is 1.87. The fourth-order valence-corrected chi connectivity index (χ4v) is 3.02. The van der Waals surface area contributed by atoms with Gasteiger partial charge >= 0.3 is 0 Å². The van der Waals surface area contributed by atoms with Gasteiger partial charge in [0.05, 0.1) is 5.69 Å². The van der Waals surface area contributed by atoms with Crippen LogP contribution in [0.1, 0.15) is 17.0 Å². The number of aromatic nitrogens is 1. The fourth-order valence-electron chi connectivity index (χ4n) is 3.02. The molecule has 0 atom stereocenters. The van der Waals surface area contributed by atoms with E-state index in [1.807, 2.05) is 0 Å². The number of fused-ring (bicyclic) bond motifs is 5. The number of hydrogen-bond acceptors (Lipinski definition) is 1. The number of rotatable bonds is 0. The second kappa shape index (κ2) is 3.42. The van der Waals surface area contributed by atoms with Gasteiger partial charge in [0.1, 0.15) is 0 Å². The van der Waals surface area contributed by atoms with Gasteiger partial charge in [0.15, 0.2) is 0 Å². The van der Waals surface area contributed by atoms with E-state index in [1.54, 1.807) is 0 Å². The Hall–Kier alpha value is -2.15. The van der Waals surface area contributed by atoms with Crippen LogP contribution in [-0.2, 0) is 6.42 Å². The third kappa shape index (κ3) is 1.19. The smallest absolute Gasteiger partial charge is 0.0535 e. The summed E-state index contributed by atoms with van der Waals surface area (Å²) in [6, 6.07) is 17.2. The Bertz CT molecular complexity index is 772. The van der Waals surface area contributed by atoms with E-state index >= 15 is 0 Å². The average molecular weight is 231 g/mol. The number of nitrogens with zero attached hydrogens (tertiary/aromatic N) is 1. The molecule has 18 heavy (non-hydrogen) atoms. The van der Waals surface area contributed by atoms with Crippen molar-refractivity contribution in [3.05, 3.63) is 65.5 Å². The maximum absolute atomic E-state index is 4.80. The van der Waals surface area contributed by atoms with Crippen molar-refractivity contribution in [2.24, 2.45) is 0 Å². The molecule has 4 rings (SSSR count). The number of aryl methyl sites for hydroxylation is 1. The molecule has 0 fully saturated rings. The van der Waals surface area contributed by atoms with E-state index < -0.39 is 0 Å². The molecular weight excluding hydrogens is 218 g/mol. The molecule has 1 aliphatic carbocycles. The monoisotopic (exact) mass is 231 g/mol. The van der Waals surface area contributed by atoms with Crippen LogP contribution in [0.2, 0.25) is 0 Å². The molecule has 0 aliphatic heterocycles. The second-order valence-electron chi connectivity index (χ2n) is 4.90. The first kappa shape index (κ1) is 9.84. The highest BCUT2D eigenvalue weighted by Gasteiger charge is 2.22. The van der Waals surface area contributed by atoms with E-state index in [-0.39, 0.29) is 0 Å². The van der Waals surface area contributed by atoms with Gasteiger partial charge in [0.25, 0.3) is 0 Å². The minimum atomic E-state index is 0.969. The average Bonchev–Trinajstić information content (AvgIpc) is 2.77. The highest BCUT2D eigenvalue weighted by atomic mass is 14.7. The molecule has 3 aromatic rings. The van der Waals surface area contributed by atoms with Gasteiger partial charge in [-0.15, -0.1) is 0 Å². The van der Waals surface area contributed by atoms with Crippen LogP contribution in [0.4, 0.5) is 0 Å². The summed E-state index contributed by atoms with van der Waals surface area (Å²) in [5, 5.41) is 2.61. The van der Waals surface area contributed by atoms with Gasteiger partial charge in [-0.05, 0) is 23.4 Å². The van der Waals surface area contributed by atoms with Crippen molar-refractivity contribution in [1.82, 2.24) is 4.98 Å². The summed E-state index contributed by atoms with van der Waals surface area (Å²) >= 11 is 0. The zero-order valence-corrected chi connectivity index (χ0v) is 10.3. The van der Waals surface area contributed by atoms with Gasteiger partial charge in [-0.25, -0.2) is 0 Å². The zero-order valence-electron chi connectivity index (χ0n) is 10.3. The first-order valence-electron chi connectivity index (χ1n) is 6.31. The third-order valence-electron chi connectivity index (χ3n) is 3.82. The van der Waals surface area contributed by atoms with Crippen LogP contribution in [0.5, 0.6) is 0 Å². The summed E-state index contributed by atoms with van der Waals surface area (Å²) in [5.41, 5.74) is 6.46. The standard InChI is InChI=1S/C17H13N/c1-11-13-7-4-5-9-15(13)17-14-8-3-2-6-12(14)10-16(17)18-11/h2-9H,10H2,1H3. The molecule has 1 aromatic heterocycles. The molecule has 0 N–H and O–H groups in total. The fraction of sp³-hybridized carbons (Fsp3) is 0.118. The van der Waals surface area contributed by atoms with Gasteiger partial charge in [0, 0.05) is 23.1 Å². The van der Waals surface area contributed by atoms with Crippen LogP contribution in [0, 0.1) is 6.92 Å². The minimum absolute atomic E-state index is 0.969. The van der Waals surface area contributed by atoms with Crippen LogP contribution < -0.4 is 0 Å². The molecule has 0 radical (unpaired) electrons. The molecule has 0 saturated carbocycles. The normalized spacial score (nSPS) is 12.5. The van der Waals surface area contributed by atoms with Crippen LogP contribution in [-0.4, -0.2) is 4.98 Å². The predicted molar refractivity (Wildman–Crippen MR) is 74.7 cm³/mol. The number of pyridine rings is 1. The summed E-state index contributed by atoms with van der Waals surface area (Å²) in [7, 11) is 0. The maximum Gasteiger partial charge on any atom is 0.0535 e. The first-order valence-corrected chi connectivity index (χ1v) is 6.31. The van der Waals surface area contributed by atoms with Crippen molar-refractivity contribution >= 4 is 10.8 Å². The summed E-state index contributed by atoms with van der Waals surface area (Å²) < 4.78 is 0. The Balaban J connectivity index is 2.19. The number of benzene rings is 2. The molecule has 0 unspecified atom stereocenters. The quantitative estimate of drug-likeness (QED) is 0.443. The van der Waals surface area contributed by atoms with E-state index in [0.717, 1.165) is 12.1 Å². The topological polar surface area (TPSA) is 12.9 Å². The lowest BCUT2D eigenvalue weighted by Crippen LogP contribution is -1.92. The van der Waals surface area contributed by atoms with Crippen molar-refractivity contribution in [3.8, 4) is 11.1 Å². The SMILES string of the molecule is Cc1nc2c(c3ccccc13)-c1ccccc1C2. The van der Waals surface area contributed by atoms with Crippen LogP contribution in [0.3, 0.4) is 0 Å². The lowest BCUT2D eigenvalue weighted by molar-refractivity contribution is 1.09. The molecule has 0 spiro atoms. The van der Waals surface area contributed by atoms with Crippen molar-refractivity contribution in [3.63, 3.8) is 0 Å².